The highest BCUT2D eigenvalue weighted by Crippen LogP contribution is 2.51. The molecular weight excluding hydrogens is 333 g/mol. The van der Waals surface area contributed by atoms with Crippen LogP contribution in [0.1, 0.15) is 45.3 Å². The number of benzene rings is 1. The van der Waals surface area contributed by atoms with E-state index in [-0.39, 0.29) is 17.8 Å². The average Bonchev–Trinajstić information content (AvgIpc) is 2.64. The van der Waals surface area contributed by atoms with Gasteiger partial charge in [0.05, 0.1) is 18.8 Å². The Labute approximate surface area is 155 Å². The van der Waals surface area contributed by atoms with Crippen molar-refractivity contribution >= 4 is 5.96 Å². The van der Waals surface area contributed by atoms with Crippen molar-refractivity contribution in [2.75, 3.05) is 19.7 Å². The summed E-state index contributed by atoms with van der Waals surface area (Å²) in [5, 5.41) is 17.1. The minimum absolute atomic E-state index is 0.0524. The molecule has 4 atom stereocenters. The quantitative estimate of drug-likeness (QED) is 0.556. The van der Waals surface area contributed by atoms with E-state index >= 15 is 0 Å². The molecule has 2 aliphatic rings. The Balaban J connectivity index is 1.64. The van der Waals surface area contributed by atoms with Crippen LogP contribution in [-0.4, -0.2) is 42.9 Å². The number of hydrogen-bond donors (Lipinski definition) is 3. The fourth-order valence-electron chi connectivity index (χ4n) is 4.25. The first-order chi connectivity index (χ1) is 12.4. The molecule has 0 spiro atoms. The SMILES string of the molecule is CCNC(=NCC(O)c1ccc(F)cc1)NC1C2CCCOC2C1(C)C. The van der Waals surface area contributed by atoms with Gasteiger partial charge in [0.1, 0.15) is 5.82 Å². The number of guanidine groups is 1. The molecule has 4 unspecified atom stereocenters. The van der Waals surface area contributed by atoms with Gasteiger partial charge < -0.3 is 20.5 Å². The van der Waals surface area contributed by atoms with Crippen molar-refractivity contribution in [2.45, 2.75) is 51.9 Å². The fraction of sp³-hybridized carbons (Fsp3) is 0.650. The number of aliphatic hydroxyl groups is 1. The van der Waals surface area contributed by atoms with E-state index in [1.807, 2.05) is 6.92 Å². The topological polar surface area (TPSA) is 65.9 Å². The van der Waals surface area contributed by atoms with E-state index in [2.05, 4.69) is 29.5 Å². The van der Waals surface area contributed by atoms with E-state index in [4.69, 9.17) is 4.74 Å². The maximum absolute atomic E-state index is 13.0. The molecule has 5 nitrogen and oxygen atoms in total. The summed E-state index contributed by atoms with van der Waals surface area (Å²) in [6.45, 7) is 8.30. The molecule has 1 aromatic carbocycles. The molecule has 26 heavy (non-hydrogen) atoms. The molecule has 0 radical (unpaired) electrons. The van der Waals surface area contributed by atoms with Crippen molar-refractivity contribution in [3.05, 3.63) is 35.6 Å². The van der Waals surface area contributed by atoms with Gasteiger partial charge in [-0.1, -0.05) is 26.0 Å². The molecule has 0 amide bonds. The van der Waals surface area contributed by atoms with Crippen molar-refractivity contribution in [1.82, 2.24) is 10.6 Å². The summed E-state index contributed by atoms with van der Waals surface area (Å²) in [7, 11) is 0. The summed E-state index contributed by atoms with van der Waals surface area (Å²) in [5.74, 6) is 0.899. The second-order valence-electron chi connectivity index (χ2n) is 7.83. The molecule has 1 saturated carbocycles. The Morgan fingerprint density at radius 2 is 2.12 bits per heavy atom. The summed E-state index contributed by atoms with van der Waals surface area (Å²) in [4.78, 5) is 4.55. The first kappa shape index (κ1) is 19.1. The molecule has 2 fully saturated rings. The highest BCUT2D eigenvalue weighted by atomic mass is 19.1. The van der Waals surface area contributed by atoms with Crippen LogP contribution in [0, 0.1) is 17.2 Å². The predicted octanol–water partition coefficient (Wildman–Crippen LogP) is 2.62. The van der Waals surface area contributed by atoms with Crippen LogP contribution in [0.2, 0.25) is 0 Å². The van der Waals surface area contributed by atoms with Crippen LogP contribution in [0.4, 0.5) is 4.39 Å². The largest absolute Gasteiger partial charge is 0.386 e. The van der Waals surface area contributed by atoms with E-state index in [0.29, 0.717) is 29.6 Å². The molecule has 1 saturated heterocycles. The lowest BCUT2D eigenvalue weighted by atomic mass is 9.55. The molecule has 1 heterocycles. The van der Waals surface area contributed by atoms with Crippen molar-refractivity contribution in [2.24, 2.45) is 16.3 Å². The smallest absolute Gasteiger partial charge is 0.191 e. The average molecular weight is 363 g/mol. The number of hydrogen-bond acceptors (Lipinski definition) is 3. The molecule has 3 rings (SSSR count). The molecule has 0 bridgehead atoms. The highest BCUT2D eigenvalue weighted by Gasteiger charge is 2.58. The third-order valence-electron chi connectivity index (χ3n) is 5.64. The number of rotatable bonds is 5. The van der Waals surface area contributed by atoms with Gasteiger partial charge in [-0.05, 0) is 37.5 Å². The maximum Gasteiger partial charge on any atom is 0.191 e. The summed E-state index contributed by atoms with van der Waals surface area (Å²) < 4.78 is 19.0. The lowest BCUT2D eigenvalue weighted by Gasteiger charge is -2.60. The van der Waals surface area contributed by atoms with Crippen LogP contribution in [0.15, 0.2) is 29.3 Å². The minimum Gasteiger partial charge on any atom is -0.386 e. The summed E-state index contributed by atoms with van der Waals surface area (Å²) >= 11 is 0. The predicted molar refractivity (Wildman–Crippen MR) is 101 cm³/mol. The number of ether oxygens (including phenoxy) is 1. The third kappa shape index (κ3) is 3.86. The van der Waals surface area contributed by atoms with Crippen molar-refractivity contribution in [1.29, 1.82) is 0 Å². The lowest BCUT2D eigenvalue weighted by molar-refractivity contribution is -0.188. The zero-order valence-electron chi connectivity index (χ0n) is 15.8. The molecule has 6 heteroatoms. The standard InChI is InChI=1S/C20H30FN3O2/c1-4-22-19(23-12-16(25)13-7-9-14(21)10-8-13)24-17-15-6-5-11-26-18(15)20(17,2)3/h7-10,15-18,25H,4-6,11-12H2,1-3H3,(H2,22,23,24). The number of nitrogens with one attached hydrogen (secondary N) is 2. The Bertz CT molecular complexity index is 632. The van der Waals surface area contributed by atoms with Gasteiger partial charge in [-0.2, -0.15) is 0 Å². The highest BCUT2D eigenvalue weighted by molar-refractivity contribution is 5.80. The van der Waals surface area contributed by atoms with Gasteiger partial charge in [0, 0.05) is 30.5 Å². The van der Waals surface area contributed by atoms with E-state index in [9.17, 15) is 9.50 Å². The summed E-state index contributed by atoms with van der Waals surface area (Å²) in [6, 6.07) is 6.19. The van der Waals surface area contributed by atoms with Gasteiger partial charge in [-0.15, -0.1) is 0 Å². The second-order valence-corrected chi connectivity index (χ2v) is 7.83. The van der Waals surface area contributed by atoms with Crippen LogP contribution >= 0.6 is 0 Å². The minimum atomic E-state index is -0.758. The molecule has 1 aliphatic carbocycles. The van der Waals surface area contributed by atoms with E-state index in [1.54, 1.807) is 12.1 Å². The van der Waals surface area contributed by atoms with Crippen LogP contribution in [0.5, 0.6) is 0 Å². The van der Waals surface area contributed by atoms with E-state index in [0.717, 1.165) is 19.6 Å². The maximum atomic E-state index is 13.0. The Morgan fingerprint density at radius 1 is 1.38 bits per heavy atom. The number of aliphatic imine (C=N–C) groups is 1. The summed E-state index contributed by atoms with van der Waals surface area (Å²) in [6.07, 6.45) is 1.82. The zero-order chi connectivity index (χ0) is 18.7. The normalized spacial score (nSPS) is 28.7. The second kappa shape index (κ2) is 7.92. The molecule has 3 N–H and O–H groups in total. The van der Waals surface area contributed by atoms with Crippen LogP contribution in [0.3, 0.4) is 0 Å². The van der Waals surface area contributed by atoms with Crippen LogP contribution in [0.25, 0.3) is 0 Å². The fourth-order valence-corrected chi connectivity index (χ4v) is 4.25. The Kier molecular flexibility index (Phi) is 5.82. The van der Waals surface area contributed by atoms with Crippen LogP contribution in [-0.2, 0) is 4.74 Å². The van der Waals surface area contributed by atoms with E-state index in [1.165, 1.54) is 18.6 Å². The number of aliphatic hydroxyl groups excluding tert-OH is 1. The Hall–Kier alpha value is -1.66. The summed E-state index contributed by atoms with van der Waals surface area (Å²) in [5.41, 5.74) is 0.715. The number of nitrogens with zero attached hydrogens (tertiary/aromatic N) is 1. The monoisotopic (exact) mass is 363 g/mol. The van der Waals surface area contributed by atoms with Crippen molar-refractivity contribution in [3.63, 3.8) is 0 Å². The van der Waals surface area contributed by atoms with Gasteiger partial charge in [0.15, 0.2) is 5.96 Å². The molecule has 1 aliphatic heterocycles. The first-order valence-corrected chi connectivity index (χ1v) is 9.53. The van der Waals surface area contributed by atoms with Gasteiger partial charge in [-0.3, -0.25) is 4.99 Å². The van der Waals surface area contributed by atoms with E-state index < -0.39 is 6.10 Å². The zero-order valence-corrected chi connectivity index (χ0v) is 15.8. The van der Waals surface area contributed by atoms with Crippen molar-refractivity contribution < 1.29 is 14.2 Å². The van der Waals surface area contributed by atoms with Gasteiger partial charge in [0.25, 0.3) is 0 Å². The lowest BCUT2D eigenvalue weighted by Crippen LogP contribution is -2.71. The molecular formula is C20H30FN3O2. The first-order valence-electron chi connectivity index (χ1n) is 9.53. The van der Waals surface area contributed by atoms with Gasteiger partial charge in [-0.25, -0.2) is 4.39 Å². The Morgan fingerprint density at radius 3 is 2.81 bits per heavy atom. The molecule has 0 aromatic heterocycles. The third-order valence-corrected chi connectivity index (χ3v) is 5.64. The van der Waals surface area contributed by atoms with Crippen molar-refractivity contribution in [3.8, 4) is 0 Å². The van der Waals surface area contributed by atoms with Crippen LogP contribution < -0.4 is 10.6 Å². The number of halogens is 1. The van der Waals surface area contributed by atoms with Gasteiger partial charge in [0.2, 0.25) is 0 Å². The number of fused-ring (bicyclic) bond motifs is 1. The molecule has 144 valence electrons. The van der Waals surface area contributed by atoms with Gasteiger partial charge >= 0.3 is 0 Å². The molecule has 1 aromatic rings.